The molecule has 0 aliphatic heterocycles. The Balaban J connectivity index is 2.06. The summed E-state index contributed by atoms with van der Waals surface area (Å²) in [6.45, 7) is 2.53. The summed E-state index contributed by atoms with van der Waals surface area (Å²) in [6.07, 6.45) is 1.82. The number of pyridine rings is 1. The van der Waals surface area contributed by atoms with Crippen LogP contribution in [0.1, 0.15) is 6.92 Å². The van der Waals surface area contributed by atoms with Gasteiger partial charge in [0, 0.05) is 11.1 Å². The summed E-state index contributed by atoms with van der Waals surface area (Å²) in [6, 6.07) is 8.10. The fourth-order valence-corrected chi connectivity index (χ4v) is 2.97. The molecule has 5 heteroatoms. The Morgan fingerprint density at radius 2 is 2.35 bits per heavy atom. The highest BCUT2D eigenvalue weighted by Gasteiger charge is 2.03. The lowest BCUT2D eigenvalue weighted by molar-refractivity contribution is 0.346. The zero-order chi connectivity index (χ0) is 12.1. The van der Waals surface area contributed by atoms with Crippen LogP contribution in [0.4, 0.5) is 0 Å². The van der Waals surface area contributed by atoms with Crippen molar-refractivity contribution in [3.63, 3.8) is 0 Å². The monoisotopic (exact) mass is 281 g/mol. The number of rotatable bonds is 3. The van der Waals surface area contributed by atoms with Gasteiger partial charge in [-0.3, -0.25) is 4.98 Å². The highest BCUT2D eigenvalue weighted by molar-refractivity contribution is 8.22. The Bertz CT molecular complexity index is 479. The highest BCUT2D eigenvalue weighted by Crippen LogP contribution is 2.25. The number of nitrogens with zero attached hydrogens (tertiary/aromatic N) is 1. The Morgan fingerprint density at radius 3 is 2.94 bits per heavy atom. The largest absolute Gasteiger partial charge is 0.479 e. The van der Waals surface area contributed by atoms with Crippen molar-refractivity contribution in [1.82, 2.24) is 4.98 Å². The van der Waals surface area contributed by atoms with E-state index >= 15 is 0 Å². The summed E-state index contributed by atoms with van der Waals surface area (Å²) in [5, 5.41) is 2.05. The van der Waals surface area contributed by atoms with Crippen molar-refractivity contribution in [2.45, 2.75) is 11.8 Å². The Labute approximate surface area is 114 Å². The topological polar surface area (TPSA) is 22.1 Å². The van der Waals surface area contributed by atoms with E-state index in [0.29, 0.717) is 11.0 Å². The quantitative estimate of drug-likeness (QED) is 0.620. The first-order valence-corrected chi connectivity index (χ1v) is 7.24. The summed E-state index contributed by atoms with van der Waals surface area (Å²) in [5.41, 5.74) is 0.992. The molecule has 88 valence electrons. The van der Waals surface area contributed by atoms with Gasteiger partial charge < -0.3 is 4.74 Å². The van der Waals surface area contributed by atoms with Crippen molar-refractivity contribution in [2.24, 2.45) is 0 Å². The number of ether oxygens (including phenoxy) is 1. The molecule has 2 heterocycles. The predicted octanol–water partition coefficient (Wildman–Crippen LogP) is 4.22. The molecular formula is C12H11NOS3. The number of thioether (sulfide) groups is 1. The van der Waals surface area contributed by atoms with Gasteiger partial charge in [-0.1, -0.05) is 6.07 Å². The van der Waals surface area contributed by atoms with Gasteiger partial charge in [0.1, 0.15) is 0 Å². The Kier molecular flexibility index (Phi) is 4.53. The minimum absolute atomic E-state index is 0.540. The third-order valence-electron chi connectivity index (χ3n) is 1.97. The first-order chi connectivity index (χ1) is 8.29. The summed E-state index contributed by atoms with van der Waals surface area (Å²) in [7, 11) is 0. The molecule has 0 N–H and O–H groups in total. The minimum Gasteiger partial charge on any atom is -0.479 e. The van der Waals surface area contributed by atoms with Crippen LogP contribution in [-0.2, 0) is 4.74 Å². The molecule has 0 bridgehead atoms. The van der Waals surface area contributed by atoms with Gasteiger partial charge in [0.25, 0.3) is 0 Å². The lowest BCUT2D eigenvalue weighted by atomic mass is 10.3. The third kappa shape index (κ3) is 3.52. The zero-order valence-corrected chi connectivity index (χ0v) is 11.7. The summed E-state index contributed by atoms with van der Waals surface area (Å²) >= 11 is 8.17. The van der Waals surface area contributed by atoms with Crippen molar-refractivity contribution in [2.75, 3.05) is 6.61 Å². The molecule has 2 aromatic heterocycles. The molecule has 0 aromatic carbocycles. The van der Waals surface area contributed by atoms with Crippen LogP contribution in [-0.4, -0.2) is 16.0 Å². The first kappa shape index (κ1) is 12.5. The first-order valence-electron chi connectivity index (χ1n) is 5.14. The average molecular weight is 281 g/mol. The Hall–Kier alpha value is -0.910. The molecule has 0 fully saturated rings. The van der Waals surface area contributed by atoms with E-state index < -0.39 is 0 Å². The summed E-state index contributed by atoms with van der Waals surface area (Å²) in [5.74, 6) is 0. The normalized spacial score (nSPS) is 10.2. The van der Waals surface area contributed by atoms with E-state index in [1.807, 2.05) is 36.7 Å². The molecular weight excluding hydrogens is 270 g/mol. The number of hydrogen-bond acceptors (Lipinski definition) is 5. The Morgan fingerprint density at radius 1 is 1.47 bits per heavy atom. The molecule has 0 saturated heterocycles. The van der Waals surface area contributed by atoms with E-state index in [-0.39, 0.29) is 0 Å². The van der Waals surface area contributed by atoms with E-state index in [0.717, 1.165) is 10.6 Å². The maximum atomic E-state index is 5.22. The molecule has 0 amide bonds. The van der Waals surface area contributed by atoms with E-state index in [2.05, 4.69) is 11.1 Å². The van der Waals surface area contributed by atoms with Crippen molar-refractivity contribution in [3.8, 4) is 10.6 Å². The van der Waals surface area contributed by atoms with Crippen LogP contribution < -0.4 is 0 Å². The smallest absolute Gasteiger partial charge is 0.224 e. The second-order valence-electron chi connectivity index (χ2n) is 3.14. The van der Waals surface area contributed by atoms with E-state index in [4.69, 9.17) is 17.0 Å². The minimum atomic E-state index is 0.540. The molecule has 0 radical (unpaired) electrons. The van der Waals surface area contributed by atoms with Crippen molar-refractivity contribution in [1.29, 1.82) is 0 Å². The molecule has 0 saturated carbocycles. The summed E-state index contributed by atoms with van der Waals surface area (Å²) in [4.78, 5) is 6.59. The van der Waals surface area contributed by atoms with Crippen LogP contribution in [0.3, 0.4) is 0 Å². The number of thiocarbonyl (C=S) groups is 1. The standard InChI is InChI=1S/C12H11NOS3/c1-2-14-12(15)17-9-5-6-10(13-8-9)11-4-3-7-16-11/h3-8H,2H2,1H3. The van der Waals surface area contributed by atoms with Gasteiger partial charge >= 0.3 is 0 Å². The molecule has 17 heavy (non-hydrogen) atoms. The zero-order valence-electron chi connectivity index (χ0n) is 9.25. The van der Waals surface area contributed by atoms with Crippen molar-refractivity contribution in [3.05, 3.63) is 35.8 Å². The maximum Gasteiger partial charge on any atom is 0.224 e. The maximum absolute atomic E-state index is 5.22. The van der Waals surface area contributed by atoms with Gasteiger partial charge in [0.05, 0.1) is 17.2 Å². The number of aromatic nitrogens is 1. The number of thiophene rings is 1. The van der Waals surface area contributed by atoms with Gasteiger partial charge in [-0.15, -0.1) is 11.3 Å². The third-order valence-corrected chi connectivity index (χ3v) is 4.00. The molecule has 0 aliphatic rings. The van der Waals surface area contributed by atoms with Crippen molar-refractivity contribution >= 4 is 39.7 Å². The molecule has 0 atom stereocenters. The van der Waals surface area contributed by atoms with E-state index in [1.165, 1.54) is 16.6 Å². The SMILES string of the molecule is CCOC(=S)Sc1ccc(-c2cccs2)nc1. The van der Waals surface area contributed by atoms with Gasteiger partial charge in [0.2, 0.25) is 4.38 Å². The predicted molar refractivity (Wildman–Crippen MR) is 77.6 cm³/mol. The van der Waals surface area contributed by atoms with Crippen LogP contribution in [0.25, 0.3) is 10.6 Å². The molecule has 0 unspecified atom stereocenters. The van der Waals surface area contributed by atoms with Crippen LogP contribution in [0, 0.1) is 0 Å². The van der Waals surface area contributed by atoms with Gasteiger partial charge in [-0.05, 0) is 54.5 Å². The number of hydrogen-bond donors (Lipinski definition) is 0. The summed E-state index contributed by atoms with van der Waals surface area (Å²) < 4.78 is 5.76. The van der Waals surface area contributed by atoms with Gasteiger partial charge in [0.15, 0.2) is 0 Å². The molecule has 0 spiro atoms. The van der Waals surface area contributed by atoms with E-state index in [9.17, 15) is 0 Å². The second kappa shape index (κ2) is 6.14. The fraction of sp³-hybridized carbons (Fsp3) is 0.167. The van der Waals surface area contributed by atoms with Gasteiger partial charge in [-0.2, -0.15) is 0 Å². The van der Waals surface area contributed by atoms with Crippen LogP contribution in [0.5, 0.6) is 0 Å². The van der Waals surface area contributed by atoms with Gasteiger partial charge in [-0.25, -0.2) is 0 Å². The highest BCUT2D eigenvalue weighted by atomic mass is 32.2. The lowest BCUT2D eigenvalue weighted by Gasteiger charge is -2.04. The molecule has 2 nitrogen and oxygen atoms in total. The second-order valence-corrected chi connectivity index (χ2v) is 5.76. The molecule has 0 aliphatic carbocycles. The van der Waals surface area contributed by atoms with Crippen molar-refractivity contribution < 1.29 is 4.74 Å². The lowest BCUT2D eigenvalue weighted by Crippen LogP contribution is -1.95. The van der Waals surface area contributed by atoms with Crippen LogP contribution in [0.15, 0.2) is 40.7 Å². The van der Waals surface area contributed by atoms with Crippen LogP contribution >= 0.6 is 35.3 Å². The molecule has 2 aromatic rings. The van der Waals surface area contributed by atoms with E-state index in [1.54, 1.807) is 11.3 Å². The van der Waals surface area contributed by atoms with Crippen LogP contribution in [0.2, 0.25) is 0 Å². The average Bonchev–Trinajstić information content (AvgIpc) is 2.84. The fourth-order valence-electron chi connectivity index (χ4n) is 1.25. The molecule has 2 rings (SSSR count).